The first-order valence-electron chi connectivity index (χ1n) is 7.04. The Balaban J connectivity index is 2.26. The molecule has 0 aromatic heterocycles. The summed E-state index contributed by atoms with van der Waals surface area (Å²) in [4.78, 5) is 0. The Kier molecular flexibility index (Phi) is 8.32. The fourth-order valence-electron chi connectivity index (χ4n) is 2.28. The summed E-state index contributed by atoms with van der Waals surface area (Å²) in [6.07, 6.45) is 7.19. The first-order valence-corrected chi connectivity index (χ1v) is 9.87. The van der Waals surface area contributed by atoms with Crippen molar-refractivity contribution in [1.29, 1.82) is 0 Å². The van der Waals surface area contributed by atoms with Crippen molar-refractivity contribution in [3.63, 3.8) is 0 Å². The van der Waals surface area contributed by atoms with E-state index in [-0.39, 0.29) is 0 Å². The van der Waals surface area contributed by atoms with Gasteiger partial charge in [0.25, 0.3) is 10.2 Å². The van der Waals surface area contributed by atoms with Crippen LogP contribution in [0.4, 0.5) is 0 Å². The maximum Gasteiger partial charge on any atom is 0.279 e. The average Bonchev–Trinajstić information content (AvgIpc) is 2.43. The third kappa shape index (κ3) is 6.44. The molecule has 0 spiro atoms. The van der Waals surface area contributed by atoms with Crippen LogP contribution in [0.2, 0.25) is 0 Å². The summed E-state index contributed by atoms with van der Waals surface area (Å²) in [5, 5.41) is 0. The van der Waals surface area contributed by atoms with Crippen LogP contribution in [0.15, 0.2) is 0 Å². The molecule has 3 N–H and O–H groups in total. The Hall–Kier alpha value is 0.180. The monoisotopic (exact) mass is 309 g/mol. The molecule has 19 heavy (non-hydrogen) atoms. The fraction of sp³-hybridized carbons (Fsp3) is 1.00. The molecule has 0 bridgehead atoms. The third-order valence-electron chi connectivity index (χ3n) is 3.46. The molecular formula is C12H27N3O2S2. The summed E-state index contributed by atoms with van der Waals surface area (Å²) in [7, 11) is -3.30. The lowest BCUT2D eigenvalue weighted by molar-refractivity contribution is 0.268. The van der Waals surface area contributed by atoms with Crippen molar-refractivity contribution in [1.82, 2.24) is 9.03 Å². The van der Waals surface area contributed by atoms with Gasteiger partial charge in [0.15, 0.2) is 0 Å². The largest absolute Gasteiger partial charge is 0.330 e. The predicted molar refractivity (Wildman–Crippen MR) is 82.5 cm³/mol. The van der Waals surface area contributed by atoms with Crippen molar-refractivity contribution in [3.05, 3.63) is 0 Å². The van der Waals surface area contributed by atoms with E-state index in [9.17, 15) is 8.42 Å². The number of nitrogens with one attached hydrogen (secondary N) is 1. The van der Waals surface area contributed by atoms with E-state index in [0.717, 1.165) is 37.9 Å². The molecule has 1 heterocycles. The highest BCUT2D eigenvalue weighted by molar-refractivity contribution is 7.98. The van der Waals surface area contributed by atoms with Crippen LogP contribution in [-0.2, 0) is 10.2 Å². The number of hydrogen-bond acceptors (Lipinski definition) is 4. The van der Waals surface area contributed by atoms with Crippen molar-refractivity contribution < 1.29 is 8.42 Å². The molecule has 1 atom stereocenters. The van der Waals surface area contributed by atoms with Gasteiger partial charge in [-0.2, -0.15) is 24.5 Å². The molecule has 0 aromatic carbocycles. The Morgan fingerprint density at radius 2 is 2.16 bits per heavy atom. The normalized spacial score (nSPS) is 21.7. The number of piperidine rings is 1. The molecule has 0 saturated carbocycles. The topological polar surface area (TPSA) is 75.4 Å². The van der Waals surface area contributed by atoms with Gasteiger partial charge in [0.2, 0.25) is 0 Å². The Morgan fingerprint density at radius 1 is 1.37 bits per heavy atom. The van der Waals surface area contributed by atoms with Crippen molar-refractivity contribution >= 4 is 22.0 Å². The van der Waals surface area contributed by atoms with Crippen molar-refractivity contribution in [2.45, 2.75) is 32.1 Å². The van der Waals surface area contributed by atoms with E-state index in [1.165, 1.54) is 0 Å². The van der Waals surface area contributed by atoms with Crippen molar-refractivity contribution in [2.75, 3.05) is 38.2 Å². The lowest BCUT2D eigenvalue weighted by atomic mass is 10.0. The molecule has 0 aliphatic carbocycles. The number of thioether (sulfide) groups is 1. The molecule has 1 fully saturated rings. The van der Waals surface area contributed by atoms with E-state index in [2.05, 4.69) is 11.0 Å². The first kappa shape index (κ1) is 17.2. The van der Waals surface area contributed by atoms with E-state index in [1.807, 2.05) is 11.8 Å². The maximum absolute atomic E-state index is 12.1. The summed E-state index contributed by atoms with van der Waals surface area (Å²) >= 11 is 1.83. The predicted octanol–water partition coefficient (Wildman–Crippen LogP) is 1.02. The minimum Gasteiger partial charge on any atom is -0.330 e. The second-order valence-electron chi connectivity index (χ2n) is 5.05. The van der Waals surface area contributed by atoms with E-state index >= 15 is 0 Å². The minimum absolute atomic E-state index is 0.312. The van der Waals surface area contributed by atoms with Gasteiger partial charge in [0.05, 0.1) is 0 Å². The van der Waals surface area contributed by atoms with E-state index in [0.29, 0.717) is 32.1 Å². The summed E-state index contributed by atoms with van der Waals surface area (Å²) < 4.78 is 28.5. The third-order valence-corrected chi connectivity index (χ3v) is 5.74. The van der Waals surface area contributed by atoms with E-state index < -0.39 is 10.2 Å². The quantitative estimate of drug-likeness (QED) is 0.624. The van der Waals surface area contributed by atoms with E-state index in [4.69, 9.17) is 5.73 Å². The molecule has 7 heteroatoms. The van der Waals surface area contributed by atoms with Crippen molar-refractivity contribution in [3.8, 4) is 0 Å². The highest BCUT2D eigenvalue weighted by Gasteiger charge is 2.27. The van der Waals surface area contributed by atoms with Crippen LogP contribution >= 0.6 is 11.8 Å². The highest BCUT2D eigenvalue weighted by Crippen LogP contribution is 2.17. The van der Waals surface area contributed by atoms with Gasteiger partial charge in [-0.25, -0.2) is 4.72 Å². The number of nitrogens with two attached hydrogens (primary N) is 1. The summed E-state index contributed by atoms with van der Waals surface area (Å²) in [5.41, 5.74) is 5.63. The molecule has 0 amide bonds. The molecule has 1 rings (SSSR count). The average molecular weight is 310 g/mol. The van der Waals surface area contributed by atoms with Gasteiger partial charge >= 0.3 is 0 Å². The van der Waals surface area contributed by atoms with Gasteiger partial charge in [-0.05, 0) is 50.2 Å². The standard InChI is InChI=1S/C12H27N3O2S2/c1-18-9-4-2-3-7-14-19(16,17)15-8-5-6-12(10-13)11-15/h12,14H,2-11,13H2,1H3. The molecule has 1 aliphatic heterocycles. The minimum atomic E-state index is -3.30. The molecule has 5 nitrogen and oxygen atoms in total. The number of unbranched alkanes of at least 4 members (excludes halogenated alkanes) is 2. The van der Waals surface area contributed by atoms with Gasteiger partial charge in [-0.15, -0.1) is 0 Å². The summed E-state index contributed by atoms with van der Waals surface area (Å²) in [5.74, 6) is 1.46. The van der Waals surface area contributed by atoms with Gasteiger partial charge in [-0.1, -0.05) is 6.42 Å². The zero-order chi connectivity index (χ0) is 14.1. The van der Waals surface area contributed by atoms with Crippen LogP contribution in [0.5, 0.6) is 0 Å². The molecule has 0 radical (unpaired) electrons. The lowest BCUT2D eigenvalue weighted by Gasteiger charge is -2.31. The zero-order valence-electron chi connectivity index (χ0n) is 11.8. The molecular weight excluding hydrogens is 282 g/mol. The summed E-state index contributed by atoms with van der Waals surface area (Å²) in [6.45, 7) is 2.30. The van der Waals surface area contributed by atoms with Gasteiger partial charge in [-0.3, -0.25) is 0 Å². The maximum atomic E-state index is 12.1. The van der Waals surface area contributed by atoms with Gasteiger partial charge < -0.3 is 5.73 Å². The number of hydrogen-bond donors (Lipinski definition) is 2. The fourth-order valence-corrected chi connectivity index (χ4v) is 4.13. The zero-order valence-corrected chi connectivity index (χ0v) is 13.4. The second kappa shape index (κ2) is 9.18. The van der Waals surface area contributed by atoms with Crippen LogP contribution in [0.25, 0.3) is 0 Å². The lowest BCUT2D eigenvalue weighted by Crippen LogP contribution is -2.47. The van der Waals surface area contributed by atoms with Crippen LogP contribution in [0, 0.1) is 5.92 Å². The molecule has 1 aliphatic rings. The molecule has 1 saturated heterocycles. The SMILES string of the molecule is CSCCCCCNS(=O)(=O)N1CCCC(CN)C1. The van der Waals surface area contributed by atoms with Gasteiger partial charge in [0.1, 0.15) is 0 Å². The highest BCUT2D eigenvalue weighted by atomic mass is 32.2. The van der Waals surface area contributed by atoms with E-state index in [1.54, 1.807) is 4.31 Å². The Labute approximate surface area is 121 Å². The molecule has 1 unspecified atom stereocenters. The van der Waals surface area contributed by atoms with Gasteiger partial charge in [0, 0.05) is 19.6 Å². The van der Waals surface area contributed by atoms with Crippen LogP contribution in [0.3, 0.4) is 0 Å². The number of rotatable bonds is 9. The van der Waals surface area contributed by atoms with Crippen molar-refractivity contribution in [2.24, 2.45) is 11.7 Å². The first-order chi connectivity index (χ1) is 9.10. The van der Waals surface area contributed by atoms with Crippen LogP contribution in [0.1, 0.15) is 32.1 Å². The molecule has 114 valence electrons. The molecule has 0 aromatic rings. The Morgan fingerprint density at radius 3 is 2.84 bits per heavy atom. The Bertz CT molecular complexity index is 336. The second-order valence-corrected chi connectivity index (χ2v) is 7.80. The number of nitrogens with zero attached hydrogens (tertiary/aromatic N) is 1. The van der Waals surface area contributed by atoms with Crippen LogP contribution in [-0.4, -0.2) is 50.9 Å². The summed E-state index contributed by atoms with van der Waals surface area (Å²) in [6, 6.07) is 0. The smallest absolute Gasteiger partial charge is 0.279 e. The van der Waals surface area contributed by atoms with Crippen LogP contribution < -0.4 is 10.5 Å².